The Labute approximate surface area is 102 Å². The average molecular weight is 230 g/mol. The zero-order chi connectivity index (χ0) is 11.9. The zero-order valence-corrected chi connectivity index (χ0v) is 10.1. The number of pyridine rings is 1. The Bertz CT molecular complexity index is 410. The summed E-state index contributed by atoms with van der Waals surface area (Å²) in [4.78, 5) is 11.6. The van der Waals surface area contributed by atoms with E-state index in [1.165, 1.54) is 5.56 Å². The first-order valence-corrected chi connectivity index (χ1v) is 6.01. The first-order valence-electron chi connectivity index (χ1n) is 6.01. The molecule has 2 heterocycles. The number of nitrogens with one attached hydrogen (secondary N) is 2. The van der Waals surface area contributed by atoms with E-state index in [1.807, 2.05) is 18.5 Å². The molecule has 0 bridgehead atoms. The molecule has 0 aliphatic rings. The number of imidazole rings is 1. The lowest BCUT2D eigenvalue weighted by atomic mass is 10.1. The van der Waals surface area contributed by atoms with Gasteiger partial charge in [-0.1, -0.05) is 13.0 Å². The van der Waals surface area contributed by atoms with Gasteiger partial charge >= 0.3 is 0 Å². The fourth-order valence-corrected chi connectivity index (χ4v) is 1.81. The monoisotopic (exact) mass is 230 g/mol. The molecule has 4 heteroatoms. The van der Waals surface area contributed by atoms with Crippen LogP contribution in [0.15, 0.2) is 36.9 Å². The molecule has 17 heavy (non-hydrogen) atoms. The van der Waals surface area contributed by atoms with Crippen molar-refractivity contribution in [1.29, 1.82) is 0 Å². The van der Waals surface area contributed by atoms with Crippen molar-refractivity contribution in [2.75, 3.05) is 6.54 Å². The summed E-state index contributed by atoms with van der Waals surface area (Å²) >= 11 is 0. The van der Waals surface area contributed by atoms with Crippen LogP contribution in [0.1, 0.15) is 30.8 Å². The van der Waals surface area contributed by atoms with Crippen LogP contribution in [0.3, 0.4) is 0 Å². The summed E-state index contributed by atoms with van der Waals surface area (Å²) in [6.45, 7) is 3.15. The lowest BCUT2D eigenvalue weighted by molar-refractivity contribution is 0.508. The highest BCUT2D eigenvalue weighted by Crippen LogP contribution is 2.14. The lowest BCUT2D eigenvalue weighted by Crippen LogP contribution is -2.25. The number of aromatic nitrogens is 3. The van der Waals surface area contributed by atoms with E-state index in [9.17, 15) is 0 Å². The van der Waals surface area contributed by atoms with Crippen molar-refractivity contribution in [2.45, 2.75) is 25.8 Å². The molecule has 4 nitrogen and oxygen atoms in total. The van der Waals surface area contributed by atoms with Crippen molar-refractivity contribution < 1.29 is 0 Å². The highest BCUT2D eigenvalue weighted by Gasteiger charge is 2.13. The third kappa shape index (κ3) is 3.39. The topological polar surface area (TPSA) is 53.6 Å². The first kappa shape index (κ1) is 11.8. The van der Waals surface area contributed by atoms with Crippen LogP contribution in [-0.2, 0) is 6.42 Å². The molecular formula is C13H18N4. The first-order chi connectivity index (χ1) is 8.40. The minimum Gasteiger partial charge on any atom is -0.347 e. The fraction of sp³-hybridized carbons (Fsp3) is 0.385. The number of rotatable bonds is 6. The molecule has 2 rings (SSSR count). The van der Waals surface area contributed by atoms with Gasteiger partial charge in [0.25, 0.3) is 0 Å². The molecule has 2 aromatic rings. The molecule has 2 aromatic heterocycles. The van der Waals surface area contributed by atoms with Crippen LogP contribution in [0.25, 0.3) is 0 Å². The highest BCUT2D eigenvalue weighted by atomic mass is 15.0. The summed E-state index contributed by atoms with van der Waals surface area (Å²) in [7, 11) is 0. The molecule has 1 unspecified atom stereocenters. The van der Waals surface area contributed by atoms with Gasteiger partial charge in [0.05, 0.1) is 6.04 Å². The van der Waals surface area contributed by atoms with Crippen molar-refractivity contribution in [3.05, 3.63) is 48.3 Å². The predicted molar refractivity (Wildman–Crippen MR) is 67.6 cm³/mol. The molecule has 0 spiro atoms. The summed E-state index contributed by atoms with van der Waals surface area (Å²) in [5.74, 6) is 0.988. The van der Waals surface area contributed by atoms with Gasteiger partial charge in [0.1, 0.15) is 5.82 Å². The second kappa shape index (κ2) is 6.15. The van der Waals surface area contributed by atoms with Crippen LogP contribution in [0.5, 0.6) is 0 Å². The maximum absolute atomic E-state index is 4.33. The van der Waals surface area contributed by atoms with E-state index < -0.39 is 0 Å². The second-order valence-electron chi connectivity index (χ2n) is 4.05. The molecule has 2 N–H and O–H groups in total. The molecule has 0 fully saturated rings. The molecule has 0 amide bonds. The van der Waals surface area contributed by atoms with Gasteiger partial charge < -0.3 is 10.3 Å². The Balaban J connectivity index is 2.06. The number of aromatic amines is 1. The van der Waals surface area contributed by atoms with E-state index in [2.05, 4.69) is 33.3 Å². The largest absolute Gasteiger partial charge is 0.347 e. The van der Waals surface area contributed by atoms with Gasteiger partial charge in [-0.05, 0) is 31.0 Å². The molecule has 0 aromatic carbocycles. The van der Waals surface area contributed by atoms with E-state index in [4.69, 9.17) is 0 Å². The Kier molecular flexibility index (Phi) is 4.27. The molecule has 0 saturated heterocycles. The van der Waals surface area contributed by atoms with Crippen LogP contribution >= 0.6 is 0 Å². The van der Waals surface area contributed by atoms with E-state index >= 15 is 0 Å². The van der Waals surface area contributed by atoms with Crippen molar-refractivity contribution in [3.8, 4) is 0 Å². The van der Waals surface area contributed by atoms with Gasteiger partial charge in [0.2, 0.25) is 0 Å². The molecule has 90 valence electrons. The number of nitrogens with zero attached hydrogens (tertiary/aromatic N) is 2. The Morgan fingerprint density at radius 3 is 3.00 bits per heavy atom. The zero-order valence-electron chi connectivity index (χ0n) is 10.1. The van der Waals surface area contributed by atoms with Gasteiger partial charge in [-0.15, -0.1) is 0 Å². The quantitative estimate of drug-likeness (QED) is 0.799. The smallest absolute Gasteiger partial charge is 0.123 e. The van der Waals surface area contributed by atoms with Gasteiger partial charge in [0.15, 0.2) is 0 Å². The van der Waals surface area contributed by atoms with Crippen LogP contribution in [0, 0.1) is 0 Å². The second-order valence-corrected chi connectivity index (χ2v) is 4.05. The molecule has 1 atom stereocenters. The summed E-state index contributed by atoms with van der Waals surface area (Å²) in [5, 5.41) is 3.50. The van der Waals surface area contributed by atoms with Gasteiger partial charge in [-0.2, -0.15) is 0 Å². The minimum absolute atomic E-state index is 0.231. The Morgan fingerprint density at radius 2 is 2.35 bits per heavy atom. The summed E-state index contributed by atoms with van der Waals surface area (Å²) in [5.41, 5.74) is 1.22. The maximum atomic E-state index is 4.33. The van der Waals surface area contributed by atoms with Crippen molar-refractivity contribution in [2.24, 2.45) is 0 Å². The molecule has 0 radical (unpaired) electrons. The van der Waals surface area contributed by atoms with Crippen LogP contribution in [0.4, 0.5) is 0 Å². The third-order valence-corrected chi connectivity index (χ3v) is 2.65. The van der Waals surface area contributed by atoms with Gasteiger partial charge in [0, 0.05) is 24.8 Å². The standard InChI is InChI=1S/C13H18N4/c1-2-5-15-12(13-16-7-8-17-13)9-11-4-3-6-14-10-11/h3-4,6-8,10,12,15H,2,5,9H2,1H3,(H,16,17). The average Bonchev–Trinajstić information content (AvgIpc) is 2.89. The number of H-pyrrole nitrogens is 1. The van der Waals surface area contributed by atoms with Crippen LogP contribution in [0.2, 0.25) is 0 Å². The third-order valence-electron chi connectivity index (χ3n) is 2.65. The number of hydrogen-bond donors (Lipinski definition) is 2. The van der Waals surface area contributed by atoms with Crippen LogP contribution < -0.4 is 5.32 Å². The summed E-state index contributed by atoms with van der Waals surface area (Å²) in [6, 6.07) is 4.29. The lowest BCUT2D eigenvalue weighted by Gasteiger charge is -2.16. The normalized spacial score (nSPS) is 12.5. The molecule has 0 saturated carbocycles. The van der Waals surface area contributed by atoms with Crippen molar-refractivity contribution in [1.82, 2.24) is 20.3 Å². The molecular weight excluding hydrogens is 212 g/mol. The van der Waals surface area contributed by atoms with E-state index in [1.54, 1.807) is 12.4 Å². The fourth-order valence-electron chi connectivity index (χ4n) is 1.81. The van der Waals surface area contributed by atoms with Gasteiger partial charge in [-0.25, -0.2) is 4.98 Å². The van der Waals surface area contributed by atoms with Crippen molar-refractivity contribution in [3.63, 3.8) is 0 Å². The summed E-state index contributed by atoms with van der Waals surface area (Å²) in [6.07, 6.45) is 9.37. The van der Waals surface area contributed by atoms with E-state index in [-0.39, 0.29) is 6.04 Å². The highest BCUT2D eigenvalue weighted by molar-refractivity contribution is 5.12. The minimum atomic E-state index is 0.231. The summed E-state index contributed by atoms with van der Waals surface area (Å²) < 4.78 is 0. The van der Waals surface area contributed by atoms with E-state index in [0.29, 0.717) is 0 Å². The van der Waals surface area contributed by atoms with Gasteiger partial charge in [-0.3, -0.25) is 4.98 Å². The maximum Gasteiger partial charge on any atom is 0.123 e. The van der Waals surface area contributed by atoms with E-state index in [0.717, 1.165) is 25.2 Å². The SMILES string of the molecule is CCCNC(Cc1cccnc1)c1ncc[nH]1. The Hall–Kier alpha value is -1.68. The predicted octanol–water partition coefficient (Wildman–Crippen LogP) is 2.09. The molecule has 0 aliphatic heterocycles. The number of hydrogen-bond acceptors (Lipinski definition) is 3. The van der Waals surface area contributed by atoms with Crippen molar-refractivity contribution >= 4 is 0 Å². The molecule has 0 aliphatic carbocycles. The van der Waals surface area contributed by atoms with Crippen LogP contribution in [-0.4, -0.2) is 21.5 Å². The Morgan fingerprint density at radius 1 is 1.41 bits per heavy atom.